The molecule has 1 atom stereocenters. The molecule has 0 aromatic carbocycles. The molecule has 1 aromatic heterocycles. The lowest BCUT2D eigenvalue weighted by molar-refractivity contribution is -0.120. The van der Waals surface area contributed by atoms with Gasteiger partial charge in [-0.2, -0.15) is 4.98 Å². The predicted octanol–water partition coefficient (Wildman–Crippen LogP) is 2.73. The van der Waals surface area contributed by atoms with Gasteiger partial charge in [0.25, 0.3) is 0 Å². The molecule has 3 rings (SSSR count). The third-order valence-corrected chi connectivity index (χ3v) is 7.91. The fourth-order valence-electron chi connectivity index (χ4n) is 3.94. The van der Waals surface area contributed by atoms with E-state index in [1.54, 1.807) is 18.2 Å². The lowest BCUT2D eigenvalue weighted by Gasteiger charge is -2.46. The molecule has 7 nitrogen and oxygen atoms in total. The zero-order chi connectivity index (χ0) is 18.9. The maximum Gasteiger partial charge on any atom is 0.229 e. The van der Waals surface area contributed by atoms with Gasteiger partial charge in [-0.3, -0.25) is 0 Å². The molecule has 0 amide bonds. The van der Waals surface area contributed by atoms with Gasteiger partial charge >= 0.3 is 0 Å². The summed E-state index contributed by atoms with van der Waals surface area (Å²) < 4.78 is 37.9. The van der Waals surface area contributed by atoms with Crippen LogP contribution in [0.3, 0.4) is 0 Å². The smallest absolute Gasteiger partial charge is 0.229 e. The number of aromatic nitrogens is 2. The molecular formula is C18H31N3O4S. The summed E-state index contributed by atoms with van der Waals surface area (Å²) in [4.78, 5) is 4.50. The highest BCUT2D eigenvalue weighted by Crippen LogP contribution is 2.39. The fourth-order valence-corrected chi connectivity index (χ4v) is 5.23. The molecule has 2 saturated heterocycles. The van der Waals surface area contributed by atoms with Crippen molar-refractivity contribution in [1.29, 1.82) is 0 Å². The van der Waals surface area contributed by atoms with Crippen molar-refractivity contribution in [2.45, 2.75) is 76.6 Å². The zero-order valence-electron chi connectivity index (χ0n) is 16.3. The highest BCUT2D eigenvalue weighted by atomic mass is 32.2. The monoisotopic (exact) mass is 385 g/mol. The van der Waals surface area contributed by atoms with Crippen LogP contribution in [0, 0.1) is 5.92 Å². The summed E-state index contributed by atoms with van der Waals surface area (Å²) in [6, 6.07) is 0. The van der Waals surface area contributed by atoms with Gasteiger partial charge in [-0.05, 0) is 45.4 Å². The number of nitrogens with zero attached hydrogens (tertiary/aromatic N) is 3. The lowest BCUT2D eigenvalue weighted by Crippen LogP contribution is -2.52. The molecule has 8 heteroatoms. The molecule has 148 valence electrons. The van der Waals surface area contributed by atoms with Crippen molar-refractivity contribution in [2.24, 2.45) is 5.92 Å². The van der Waals surface area contributed by atoms with E-state index in [0.29, 0.717) is 24.9 Å². The number of hydrogen-bond donors (Lipinski definition) is 0. The molecule has 2 aliphatic rings. The minimum absolute atomic E-state index is 0.198. The van der Waals surface area contributed by atoms with Crippen LogP contribution in [0.1, 0.15) is 71.0 Å². The van der Waals surface area contributed by atoms with Gasteiger partial charge in [-0.25, -0.2) is 12.7 Å². The Labute approximate surface area is 156 Å². The van der Waals surface area contributed by atoms with E-state index in [0.717, 1.165) is 44.5 Å². The second kappa shape index (κ2) is 7.56. The minimum atomic E-state index is -3.18. The van der Waals surface area contributed by atoms with Crippen molar-refractivity contribution in [2.75, 3.05) is 19.7 Å². The summed E-state index contributed by atoms with van der Waals surface area (Å²) in [6.45, 7) is 9.38. The van der Waals surface area contributed by atoms with Crippen molar-refractivity contribution < 1.29 is 17.7 Å². The van der Waals surface area contributed by atoms with Gasteiger partial charge in [0.15, 0.2) is 5.82 Å². The summed E-state index contributed by atoms with van der Waals surface area (Å²) in [7, 11) is -3.18. The van der Waals surface area contributed by atoms with Crippen LogP contribution in [-0.2, 0) is 21.2 Å². The minimum Gasteiger partial charge on any atom is -0.375 e. The molecular weight excluding hydrogens is 354 g/mol. The van der Waals surface area contributed by atoms with Crippen LogP contribution in [0.2, 0.25) is 0 Å². The summed E-state index contributed by atoms with van der Waals surface area (Å²) in [5.74, 6) is 2.16. The average Bonchev–Trinajstić information content (AvgIpc) is 3.04. The third kappa shape index (κ3) is 4.12. The van der Waals surface area contributed by atoms with E-state index in [9.17, 15) is 8.42 Å². The molecule has 0 radical (unpaired) electrons. The first-order valence-electron chi connectivity index (χ1n) is 9.67. The van der Waals surface area contributed by atoms with Crippen molar-refractivity contribution >= 4 is 10.0 Å². The SMILES string of the molecule is CC(C)c1nc(CC2CCOC3(CCN(S(=O)(=O)C(C)C)CC3)C2)no1. The first-order valence-corrected chi connectivity index (χ1v) is 11.2. The van der Waals surface area contributed by atoms with E-state index in [1.807, 2.05) is 13.8 Å². The molecule has 0 saturated carbocycles. The predicted molar refractivity (Wildman–Crippen MR) is 98.4 cm³/mol. The molecule has 1 unspecified atom stereocenters. The maximum absolute atomic E-state index is 12.4. The molecule has 2 fully saturated rings. The Hall–Kier alpha value is -0.990. The van der Waals surface area contributed by atoms with Crippen molar-refractivity contribution in [3.63, 3.8) is 0 Å². The van der Waals surface area contributed by atoms with Gasteiger partial charge in [0.05, 0.1) is 10.9 Å². The number of hydrogen-bond acceptors (Lipinski definition) is 6. The Morgan fingerprint density at radius 3 is 2.50 bits per heavy atom. The van der Waals surface area contributed by atoms with E-state index >= 15 is 0 Å². The van der Waals surface area contributed by atoms with Gasteiger partial charge in [-0.1, -0.05) is 19.0 Å². The normalized spacial score (nSPS) is 24.6. The summed E-state index contributed by atoms with van der Waals surface area (Å²) in [5.41, 5.74) is -0.198. The van der Waals surface area contributed by atoms with E-state index in [4.69, 9.17) is 9.26 Å². The molecule has 0 bridgehead atoms. The number of sulfonamides is 1. The first kappa shape index (κ1) is 19.8. The van der Waals surface area contributed by atoms with Gasteiger partial charge in [0, 0.05) is 32.0 Å². The number of ether oxygens (including phenoxy) is 1. The number of rotatable bonds is 5. The van der Waals surface area contributed by atoms with E-state index in [2.05, 4.69) is 10.1 Å². The largest absolute Gasteiger partial charge is 0.375 e. The Bertz CT molecular complexity index is 706. The quantitative estimate of drug-likeness (QED) is 0.775. The van der Waals surface area contributed by atoms with Gasteiger partial charge in [0.1, 0.15) is 0 Å². The van der Waals surface area contributed by atoms with Crippen LogP contribution in [-0.4, -0.2) is 53.4 Å². The van der Waals surface area contributed by atoms with Gasteiger partial charge in [-0.15, -0.1) is 0 Å². The highest BCUT2D eigenvalue weighted by molar-refractivity contribution is 7.89. The topological polar surface area (TPSA) is 85.5 Å². The second-order valence-corrected chi connectivity index (χ2v) is 10.8. The standard InChI is InChI=1S/C18H31N3O4S/c1-13(2)17-19-16(20-25-17)11-15-5-10-24-18(12-15)6-8-21(9-7-18)26(22,23)14(3)4/h13-15H,5-12H2,1-4H3. The van der Waals surface area contributed by atoms with Crippen LogP contribution >= 0.6 is 0 Å². The van der Waals surface area contributed by atoms with Crippen molar-refractivity contribution in [3.05, 3.63) is 11.7 Å². The van der Waals surface area contributed by atoms with Gasteiger partial charge < -0.3 is 9.26 Å². The van der Waals surface area contributed by atoms with Crippen LogP contribution in [0.4, 0.5) is 0 Å². The van der Waals surface area contributed by atoms with E-state index in [-0.39, 0.29) is 16.8 Å². The van der Waals surface area contributed by atoms with Crippen molar-refractivity contribution in [3.8, 4) is 0 Å². The Morgan fingerprint density at radius 1 is 1.23 bits per heavy atom. The van der Waals surface area contributed by atoms with Crippen LogP contribution < -0.4 is 0 Å². The highest BCUT2D eigenvalue weighted by Gasteiger charge is 2.43. The first-order chi connectivity index (χ1) is 12.2. The van der Waals surface area contributed by atoms with Crippen LogP contribution in [0.5, 0.6) is 0 Å². The summed E-state index contributed by atoms with van der Waals surface area (Å²) >= 11 is 0. The number of piperidine rings is 1. The van der Waals surface area contributed by atoms with E-state index in [1.165, 1.54) is 0 Å². The summed E-state index contributed by atoms with van der Waals surface area (Å²) in [5, 5.41) is 3.74. The van der Waals surface area contributed by atoms with Crippen molar-refractivity contribution in [1.82, 2.24) is 14.4 Å². The zero-order valence-corrected chi connectivity index (χ0v) is 17.1. The molecule has 3 heterocycles. The fraction of sp³-hybridized carbons (Fsp3) is 0.889. The van der Waals surface area contributed by atoms with Crippen LogP contribution in [0.15, 0.2) is 4.52 Å². The van der Waals surface area contributed by atoms with E-state index < -0.39 is 10.0 Å². The second-order valence-electron chi connectivity index (χ2n) is 8.29. The van der Waals surface area contributed by atoms with Gasteiger partial charge in [0.2, 0.25) is 15.9 Å². The Kier molecular flexibility index (Phi) is 5.75. The third-order valence-electron chi connectivity index (χ3n) is 5.63. The lowest BCUT2D eigenvalue weighted by atomic mass is 9.78. The molecule has 0 N–H and O–H groups in total. The van der Waals surface area contributed by atoms with Crippen LogP contribution in [0.25, 0.3) is 0 Å². The average molecular weight is 386 g/mol. The maximum atomic E-state index is 12.4. The molecule has 0 aliphatic carbocycles. The summed E-state index contributed by atoms with van der Waals surface area (Å²) in [6.07, 6.45) is 4.25. The molecule has 26 heavy (non-hydrogen) atoms. The Morgan fingerprint density at radius 2 is 1.92 bits per heavy atom. The molecule has 1 aromatic rings. The Balaban J connectivity index is 1.60. The molecule has 1 spiro atoms. The molecule has 2 aliphatic heterocycles.